The third-order valence-corrected chi connectivity index (χ3v) is 4.42. The molecule has 0 saturated carbocycles. The molecule has 0 spiro atoms. The van der Waals surface area contributed by atoms with E-state index in [4.69, 9.17) is 16.0 Å². The summed E-state index contributed by atoms with van der Waals surface area (Å²) >= 11 is 5.87. The molecule has 0 amide bonds. The second kappa shape index (κ2) is 7.03. The second-order valence-electron chi connectivity index (χ2n) is 5.98. The van der Waals surface area contributed by atoms with Crippen LogP contribution in [0.5, 0.6) is 0 Å². The summed E-state index contributed by atoms with van der Waals surface area (Å²) in [6.45, 7) is 0. The first-order chi connectivity index (χ1) is 12.7. The smallest absolute Gasteiger partial charge is 0.221 e. The molecule has 0 aliphatic heterocycles. The standard InChI is InChI=1S/C23H15ClO2/c24-20-10-6-16(7-11-20)8-12-21(25)23-15-19-14-18(9-13-22(19)26-23)17-4-2-1-3-5-17/h1-15H. The molecule has 1 heterocycles. The SMILES string of the molecule is O=C(C=Cc1ccc(Cl)cc1)c1cc2cc(-c3ccccc3)ccc2o1. The molecule has 3 aromatic carbocycles. The van der Waals surface area contributed by atoms with Crippen LogP contribution in [0.3, 0.4) is 0 Å². The molecule has 1 aromatic heterocycles. The van der Waals surface area contributed by atoms with E-state index in [0.29, 0.717) is 16.4 Å². The quantitative estimate of drug-likeness (QED) is 0.302. The van der Waals surface area contributed by atoms with E-state index in [2.05, 4.69) is 12.1 Å². The van der Waals surface area contributed by atoms with Gasteiger partial charge in [0.2, 0.25) is 5.78 Å². The highest BCUT2D eigenvalue weighted by Gasteiger charge is 2.10. The van der Waals surface area contributed by atoms with Gasteiger partial charge < -0.3 is 4.42 Å². The molecule has 4 rings (SSSR count). The summed E-state index contributed by atoms with van der Waals surface area (Å²) in [7, 11) is 0. The molecule has 0 bridgehead atoms. The molecule has 0 saturated heterocycles. The first kappa shape index (κ1) is 16.4. The monoisotopic (exact) mass is 358 g/mol. The van der Waals surface area contributed by atoms with E-state index >= 15 is 0 Å². The molecule has 4 aromatic rings. The van der Waals surface area contributed by atoms with Gasteiger partial charge in [-0.1, -0.05) is 66.2 Å². The van der Waals surface area contributed by atoms with Gasteiger partial charge in [0, 0.05) is 10.4 Å². The summed E-state index contributed by atoms with van der Waals surface area (Å²) in [6.07, 6.45) is 3.26. The Morgan fingerprint density at radius 3 is 2.38 bits per heavy atom. The lowest BCUT2D eigenvalue weighted by molar-refractivity contribution is 0.102. The number of carbonyl (C=O) groups excluding carboxylic acids is 1. The van der Waals surface area contributed by atoms with Crippen LogP contribution in [-0.4, -0.2) is 5.78 Å². The van der Waals surface area contributed by atoms with Crippen molar-refractivity contribution in [2.75, 3.05) is 0 Å². The van der Waals surface area contributed by atoms with E-state index in [1.807, 2.05) is 48.5 Å². The number of ketones is 1. The lowest BCUT2D eigenvalue weighted by Crippen LogP contribution is -1.90. The predicted molar refractivity (Wildman–Crippen MR) is 106 cm³/mol. The zero-order valence-corrected chi connectivity index (χ0v) is 14.6. The number of furan rings is 1. The van der Waals surface area contributed by atoms with Gasteiger partial charge in [-0.3, -0.25) is 4.79 Å². The molecule has 0 aliphatic carbocycles. The highest BCUT2D eigenvalue weighted by molar-refractivity contribution is 6.30. The van der Waals surface area contributed by atoms with E-state index in [0.717, 1.165) is 22.1 Å². The number of allylic oxidation sites excluding steroid dienone is 1. The number of fused-ring (bicyclic) bond motifs is 1. The average molecular weight is 359 g/mol. The third kappa shape index (κ3) is 3.46. The maximum Gasteiger partial charge on any atom is 0.221 e. The minimum Gasteiger partial charge on any atom is -0.453 e. The minimum atomic E-state index is -0.169. The van der Waals surface area contributed by atoms with Crippen molar-refractivity contribution >= 4 is 34.4 Å². The molecule has 0 radical (unpaired) electrons. The van der Waals surface area contributed by atoms with Crippen molar-refractivity contribution in [3.63, 3.8) is 0 Å². The van der Waals surface area contributed by atoms with E-state index in [9.17, 15) is 4.79 Å². The third-order valence-electron chi connectivity index (χ3n) is 4.16. The second-order valence-corrected chi connectivity index (χ2v) is 6.41. The maximum atomic E-state index is 12.4. The molecule has 0 fully saturated rings. The summed E-state index contributed by atoms with van der Waals surface area (Å²) in [5.41, 5.74) is 3.83. The van der Waals surface area contributed by atoms with Crippen LogP contribution in [0.2, 0.25) is 5.02 Å². The van der Waals surface area contributed by atoms with Crippen molar-refractivity contribution in [2.45, 2.75) is 0 Å². The molecule has 0 aliphatic rings. The summed E-state index contributed by atoms with van der Waals surface area (Å²) in [5, 5.41) is 1.58. The summed E-state index contributed by atoms with van der Waals surface area (Å²) in [5.74, 6) is 0.160. The highest BCUT2D eigenvalue weighted by Crippen LogP contribution is 2.27. The first-order valence-electron chi connectivity index (χ1n) is 8.26. The fourth-order valence-corrected chi connectivity index (χ4v) is 2.93. The summed E-state index contributed by atoms with van der Waals surface area (Å²) in [4.78, 5) is 12.4. The van der Waals surface area contributed by atoms with Crippen LogP contribution in [0.1, 0.15) is 16.1 Å². The van der Waals surface area contributed by atoms with Gasteiger partial charge in [0.25, 0.3) is 0 Å². The van der Waals surface area contributed by atoms with Gasteiger partial charge in [0.15, 0.2) is 5.76 Å². The van der Waals surface area contributed by atoms with E-state index < -0.39 is 0 Å². The fourth-order valence-electron chi connectivity index (χ4n) is 2.80. The van der Waals surface area contributed by atoms with Crippen LogP contribution in [0, 0.1) is 0 Å². The zero-order valence-electron chi connectivity index (χ0n) is 13.9. The molecular formula is C23H15ClO2. The Kier molecular flexibility index (Phi) is 4.42. The van der Waals surface area contributed by atoms with Gasteiger partial charge >= 0.3 is 0 Å². The number of carbonyl (C=O) groups is 1. The number of hydrogen-bond donors (Lipinski definition) is 0. The predicted octanol–water partition coefficient (Wildman–Crippen LogP) is 6.65. The molecular weight excluding hydrogens is 344 g/mol. The molecule has 0 atom stereocenters. The lowest BCUT2D eigenvalue weighted by atomic mass is 10.0. The van der Waals surface area contributed by atoms with E-state index in [1.165, 1.54) is 6.08 Å². The molecule has 0 N–H and O–H groups in total. The number of benzene rings is 3. The van der Waals surface area contributed by atoms with Crippen LogP contribution in [0.25, 0.3) is 28.2 Å². The number of halogens is 1. The maximum absolute atomic E-state index is 12.4. The van der Waals surface area contributed by atoms with Crippen LogP contribution in [-0.2, 0) is 0 Å². The molecule has 2 nitrogen and oxygen atoms in total. The van der Waals surface area contributed by atoms with E-state index in [1.54, 1.807) is 24.3 Å². The van der Waals surface area contributed by atoms with Crippen molar-refractivity contribution < 1.29 is 9.21 Å². The Hall–Kier alpha value is -3.10. The van der Waals surface area contributed by atoms with Crippen LogP contribution < -0.4 is 0 Å². The molecule has 26 heavy (non-hydrogen) atoms. The zero-order chi connectivity index (χ0) is 17.9. The van der Waals surface area contributed by atoms with Crippen molar-refractivity contribution in [1.82, 2.24) is 0 Å². The summed E-state index contributed by atoms with van der Waals surface area (Å²) < 4.78 is 5.71. The van der Waals surface area contributed by atoms with Crippen molar-refractivity contribution in [3.05, 3.63) is 101 Å². The molecule has 0 unspecified atom stereocenters. The Bertz CT molecular complexity index is 1090. The Morgan fingerprint density at radius 1 is 0.846 bits per heavy atom. The van der Waals surface area contributed by atoms with Gasteiger partial charge in [0.05, 0.1) is 0 Å². The normalized spacial score (nSPS) is 11.3. The summed E-state index contributed by atoms with van der Waals surface area (Å²) in [6, 6.07) is 25.1. The van der Waals surface area contributed by atoms with Gasteiger partial charge in [-0.25, -0.2) is 0 Å². The first-order valence-corrected chi connectivity index (χ1v) is 8.64. The number of rotatable bonds is 4. The largest absolute Gasteiger partial charge is 0.453 e. The Morgan fingerprint density at radius 2 is 1.62 bits per heavy atom. The van der Waals surface area contributed by atoms with Gasteiger partial charge in [-0.2, -0.15) is 0 Å². The average Bonchev–Trinajstić information content (AvgIpc) is 3.11. The molecule has 126 valence electrons. The van der Waals surface area contributed by atoms with Crippen molar-refractivity contribution in [1.29, 1.82) is 0 Å². The van der Waals surface area contributed by atoms with Crippen LogP contribution in [0.4, 0.5) is 0 Å². The lowest BCUT2D eigenvalue weighted by Gasteiger charge is -2.00. The molecule has 3 heteroatoms. The fraction of sp³-hybridized carbons (Fsp3) is 0. The van der Waals surface area contributed by atoms with E-state index in [-0.39, 0.29) is 5.78 Å². The van der Waals surface area contributed by atoms with Crippen molar-refractivity contribution in [2.24, 2.45) is 0 Å². The Labute approximate surface area is 156 Å². The van der Waals surface area contributed by atoms with Crippen LogP contribution >= 0.6 is 11.6 Å². The minimum absolute atomic E-state index is 0.169. The highest BCUT2D eigenvalue weighted by atomic mass is 35.5. The number of hydrogen-bond acceptors (Lipinski definition) is 2. The topological polar surface area (TPSA) is 30.2 Å². The van der Waals surface area contributed by atoms with Gasteiger partial charge in [-0.15, -0.1) is 0 Å². The van der Waals surface area contributed by atoms with Gasteiger partial charge in [-0.05, 0) is 53.1 Å². The van der Waals surface area contributed by atoms with Crippen LogP contribution in [0.15, 0.2) is 89.4 Å². The van der Waals surface area contributed by atoms with Gasteiger partial charge in [0.1, 0.15) is 5.58 Å². The Balaban J connectivity index is 1.60. The van der Waals surface area contributed by atoms with Crippen molar-refractivity contribution in [3.8, 4) is 11.1 Å².